The van der Waals surface area contributed by atoms with Gasteiger partial charge in [0.2, 0.25) is 5.91 Å². The maximum atomic E-state index is 11.9. The van der Waals surface area contributed by atoms with Crippen molar-refractivity contribution in [2.45, 2.75) is 58.8 Å². The van der Waals surface area contributed by atoms with E-state index in [-0.39, 0.29) is 17.7 Å². The molecule has 1 fully saturated rings. The zero-order valence-electron chi connectivity index (χ0n) is 11.6. The average molecular weight is 255 g/mol. The minimum absolute atomic E-state index is 0.237. The third-order valence-corrected chi connectivity index (χ3v) is 3.75. The van der Waals surface area contributed by atoms with E-state index in [0.29, 0.717) is 12.8 Å². The van der Waals surface area contributed by atoms with Crippen LogP contribution in [-0.4, -0.2) is 35.0 Å². The van der Waals surface area contributed by atoms with Gasteiger partial charge in [-0.05, 0) is 31.1 Å². The molecule has 0 saturated carbocycles. The van der Waals surface area contributed by atoms with Gasteiger partial charge in [0.15, 0.2) is 0 Å². The van der Waals surface area contributed by atoms with Gasteiger partial charge in [-0.15, -0.1) is 0 Å². The Balaban J connectivity index is 2.24. The summed E-state index contributed by atoms with van der Waals surface area (Å²) in [5, 5.41) is 8.53. The first-order valence-corrected chi connectivity index (χ1v) is 6.90. The highest BCUT2D eigenvalue weighted by Gasteiger charge is 2.26. The van der Waals surface area contributed by atoms with Crippen LogP contribution in [-0.2, 0) is 9.59 Å². The van der Waals surface area contributed by atoms with Gasteiger partial charge in [0, 0.05) is 25.9 Å². The van der Waals surface area contributed by atoms with Crippen molar-refractivity contribution in [2.75, 3.05) is 13.1 Å². The summed E-state index contributed by atoms with van der Waals surface area (Å²) in [6.45, 7) is 6.08. The van der Waals surface area contributed by atoms with Crippen LogP contribution in [0.3, 0.4) is 0 Å². The minimum atomic E-state index is -0.734. The van der Waals surface area contributed by atoms with Gasteiger partial charge in [-0.25, -0.2) is 0 Å². The second kappa shape index (κ2) is 6.76. The molecule has 0 aromatic heterocycles. The number of hydrogen-bond donors (Lipinski definition) is 1. The van der Waals surface area contributed by atoms with Gasteiger partial charge in [-0.3, -0.25) is 9.59 Å². The zero-order valence-corrected chi connectivity index (χ0v) is 11.6. The predicted molar refractivity (Wildman–Crippen MR) is 70.3 cm³/mol. The smallest absolute Gasteiger partial charge is 0.303 e. The molecule has 104 valence electrons. The van der Waals surface area contributed by atoms with Crippen LogP contribution in [0.2, 0.25) is 0 Å². The first kappa shape index (κ1) is 15.0. The van der Waals surface area contributed by atoms with Crippen LogP contribution in [0.5, 0.6) is 0 Å². The summed E-state index contributed by atoms with van der Waals surface area (Å²) in [6, 6.07) is 0. The second-order valence-electron chi connectivity index (χ2n) is 6.00. The number of aliphatic carboxylic acids is 1. The van der Waals surface area contributed by atoms with Crippen LogP contribution in [0, 0.1) is 5.41 Å². The lowest BCUT2D eigenvalue weighted by Gasteiger charge is -2.23. The molecule has 0 radical (unpaired) electrons. The monoisotopic (exact) mass is 255 g/mol. The fourth-order valence-corrected chi connectivity index (χ4v) is 2.28. The summed E-state index contributed by atoms with van der Waals surface area (Å²) in [5.74, 6) is -0.471. The lowest BCUT2D eigenvalue weighted by molar-refractivity contribution is -0.137. The summed E-state index contributed by atoms with van der Waals surface area (Å²) < 4.78 is 0. The maximum absolute atomic E-state index is 11.9. The standard InChI is InChI=1S/C14H25NO3/c1-14(2)8-7-12(16)15(11-9-14)10-5-3-4-6-13(17)18/h3-11H2,1-2H3,(H,17,18). The van der Waals surface area contributed by atoms with Gasteiger partial charge in [-0.2, -0.15) is 0 Å². The number of carboxylic acid groups (broad SMARTS) is 1. The van der Waals surface area contributed by atoms with E-state index in [9.17, 15) is 9.59 Å². The van der Waals surface area contributed by atoms with E-state index in [1.54, 1.807) is 0 Å². The number of amides is 1. The molecular weight excluding hydrogens is 230 g/mol. The van der Waals surface area contributed by atoms with Crippen molar-refractivity contribution in [2.24, 2.45) is 5.41 Å². The van der Waals surface area contributed by atoms with Gasteiger partial charge < -0.3 is 10.0 Å². The Morgan fingerprint density at radius 3 is 2.67 bits per heavy atom. The summed E-state index contributed by atoms with van der Waals surface area (Å²) in [5.41, 5.74) is 0.272. The van der Waals surface area contributed by atoms with Crippen LogP contribution < -0.4 is 0 Å². The quantitative estimate of drug-likeness (QED) is 0.742. The fraction of sp³-hybridized carbons (Fsp3) is 0.857. The Morgan fingerprint density at radius 2 is 2.00 bits per heavy atom. The van der Waals surface area contributed by atoms with Crippen LogP contribution in [0.4, 0.5) is 0 Å². The summed E-state index contributed by atoms with van der Waals surface area (Å²) in [6.07, 6.45) is 5.44. The van der Waals surface area contributed by atoms with Crippen LogP contribution >= 0.6 is 0 Å². The zero-order chi connectivity index (χ0) is 13.6. The molecule has 0 atom stereocenters. The maximum Gasteiger partial charge on any atom is 0.303 e. The number of likely N-dealkylation sites (tertiary alicyclic amines) is 1. The topological polar surface area (TPSA) is 57.6 Å². The normalized spacial score (nSPS) is 19.7. The van der Waals surface area contributed by atoms with E-state index < -0.39 is 5.97 Å². The average Bonchev–Trinajstić information content (AvgIpc) is 2.40. The van der Waals surface area contributed by atoms with Gasteiger partial charge in [-0.1, -0.05) is 20.3 Å². The van der Waals surface area contributed by atoms with E-state index in [4.69, 9.17) is 5.11 Å². The lowest BCUT2D eigenvalue weighted by Crippen LogP contribution is -2.31. The molecule has 0 aromatic carbocycles. The summed E-state index contributed by atoms with van der Waals surface area (Å²) in [4.78, 5) is 24.2. The summed E-state index contributed by atoms with van der Waals surface area (Å²) >= 11 is 0. The van der Waals surface area contributed by atoms with Crippen LogP contribution in [0.15, 0.2) is 0 Å². The Morgan fingerprint density at radius 1 is 1.28 bits per heavy atom. The Labute approximate surface area is 109 Å². The molecule has 1 N–H and O–H groups in total. The number of hydrogen-bond acceptors (Lipinski definition) is 2. The largest absolute Gasteiger partial charge is 0.481 e. The Hall–Kier alpha value is -1.06. The molecule has 0 spiro atoms. The van der Waals surface area contributed by atoms with Crippen molar-refractivity contribution in [3.8, 4) is 0 Å². The summed E-state index contributed by atoms with van der Waals surface area (Å²) in [7, 11) is 0. The van der Waals surface area contributed by atoms with E-state index in [2.05, 4.69) is 13.8 Å². The van der Waals surface area contributed by atoms with E-state index in [1.807, 2.05) is 4.90 Å². The van der Waals surface area contributed by atoms with Crippen molar-refractivity contribution in [1.29, 1.82) is 0 Å². The van der Waals surface area contributed by atoms with Crippen molar-refractivity contribution >= 4 is 11.9 Å². The van der Waals surface area contributed by atoms with Gasteiger partial charge in [0.05, 0.1) is 0 Å². The molecule has 1 amide bonds. The molecule has 1 heterocycles. The first-order chi connectivity index (χ1) is 8.41. The van der Waals surface area contributed by atoms with Crippen molar-refractivity contribution in [3.05, 3.63) is 0 Å². The number of carboxylic acids is 1. The highest BCUT2D eigenvalue weighted by atomic mass is 16.4. The Bertz CT molecular complexity index is 299. The van der Waals surface area contributed by atoms with Crippen molar-refractivity contribution < 1.29 is 14.7 Å². The van der Waals surface area contributed by atoms with E-state index in [0.717, 1.165) is 38.8 Å². The molecule has 1 aliphatic heterocycles. The van der Waals surface area contributed by atoms with Crippen molar-refractivity contribution in [1.82, 2.24) is 4.90 Å². The minimum Gasteiger partial charge on any atom is -0.481 e. The highest BCUT2D eigenvalue weighted by Crippen LogP contribution is 2.30. The first-order valence-electron chi connectivity index (χ1n) is 6.90. The molecule has 1 aliphatic rings. The van der Waals surface area contributed by atoms with Crippen LogP contribution in [0.25, 0.3) is 0 Å². The molecule has 0 bridgehead atoms. The molecule has 18 heavy (non-hydrogen) atoms. The van der Waals surface area contributed by atoms with Gasteiger partial charge >= 0.3 is 5.97 Å². The molecule has 1 rings (SSSR count). The second-order valence-corrected chi connectivity index (χ2v) is 6.00. The number of nitrogens with zero attached hydrogens (tertiary/aromatic N) is 1. The fourth-order valence-electron chi connectivity index (χ4n) is 2.28. The SMILES string of the molecule is CC1(C)CCC(=O)N(CCCCCC(=O)O)CC1. The number of carbonyl (C=O) groups is 2. The number of rotatable bonds is 6. The van der Waals surface area contributed by atoms with Gasteiger partial charge in [0.1, 0.15) is 0 Å². The van der Waals surface area contributed by atoms with Crippen LogP contribution in [0.1, 0.15) is 58.8 Å². The third-order valence-electron chi connectivity index (χ3n) is 3.75. The predicted octanol–water partition coefficient (Wildman–Crippen LogP) is 2.67. The molecule has 1 saturated heterocycles. The molecule has 4 heteroatoms. The molecule has 0 unspecified atom stereocenters. The van der Waals surface area contributed by atoms with E-state index >= 15 is 0 Å². The van der Waals surface area contributed by atoms with E-state index in [1.165, 1.54) is 0 Å². The lowest BCUT2D eigenvalue weighted by atomic mass is 9.85. The Kier molecular flexibility index (Phi) is 5.63. The number of unbranched alkanes of at least 4 members (excludes halogenated alkanes) is 2. The molecule has 0 aliphatic carbocycles. The van der Waals surface area contributed by atoms with Gasteiger partial charge in [0.25, 0.3) is 0 Å². The molecule has 4 nitrogen and oxygen atoms in total. The molecule has 0 aromatic rings. The molecular formula is C14H25NO3. The van der Waals surface area contributed by atoms with Crippen molar-refractivity contribution in [3.63, 3.8) is 0 Å². The number of carbonyl (C=O) groups excluding carboxylic acids is 1. The highest BCUT2D eigenvalue weighted by molar-refractivity contribution is 5.76. The third kappa shape index (κ3) is 5.52.